The minimum atomic E-state index is -0.535. The second-order valence-corrected chi connectivity index (χ2v) is 7.59. The lowest BCUT2D eigenvalue weighted by atomic mass is 10.0. The lowest BCUT2D eigenvalue weighted by Crippen LogP contribution is -2.27. The fourth-order valence-corrected chi connectivity index (χ4v) is 3.92. The van der Waals surface area contributed by atoms with Gasteiger partial charge in [0.15, 0.2) is 0 Å². The van der Waals surface area contributed by atoms with E-state index >= 15 is 0 Å². The van der Waals surface area contributed by atoms with Crippen molar-refractivity contribution < 1.29 is 4.79 Å². The number of fused-ring (bicyclic) bond motifs is 2. The molecule has 3 aromatic carbocycles. The van der Waals surface area contributed by atoms with Gasteiger partial charge in [0.05, 0.1) is 11.4 Å². The molecular weight excluding hydrogens is 382 g/mol. The fraction of sp³-hybridized carbons (Fsp3) is 0.0833. The van der Waals surface area contributed by atoms with E-state index in [1.54, 1.807) is 6.07 Å². The van der Waals surface area contributed by atoms with Crippen molar-refractivity contribution in [1.29, 1.82) is 0 Å². The number of nitrogens with zero attached hydrogens (tertiary/aromatic N) is 1. The first kappa shape index (κ1) is 17.7. The van der Waals surface area contributed by atoms with Crippen LogP contribution in [0.15, 0.2) is 84.1 Å². The Morgan fingerprint density at radius 3 is 2.66 bits per heavy atom. The van der Waals surface area contributed by atoms with Gasteiger partial charge in [0.25, 0.3) is 0 Å². The topological polar surface area (TPSA) is 57.2 Å². The summed E-state index contributed by atoms with van der Waals surface area (Å²) in [5, 5.41) is 5.97. The second kappa shape index (κ2) is 7.22. The highest BCUT2D eigenvalue weighted by molar-refractivity contribution is 6.32. The summed E-state index contributed by atoms with van der Waals surface area (Å²) in [6.07, 6.45) is 4.25. The number of aromatic nitrogens is 1. The van der Waals surface area contributed by atoms with E-state index in [9.17, 15) is 4.79 Å². The lowest BCUT2D eigenvalue weighted by Gasteiger charge is -2.12. The highest BCUT2D eigenvalue weighted by atomic mass is 35.5. The van der Waals surface area contributed by atoms with Gasteiger partial charge in [-0.15, -0.1) is 0 Å². The summed E-state index contributed by atoms with van der Waals surface area (Å²) in [4.78, 5) is 20.9. The minimum Gasteiger partial charge on any atom is -0.367 e. The van der Waals surface area contributed by atoms with Gasteiger partial charge in [-0.05, 0) is 40.6 Å². The number of benzodiazepines with no additional fused rings is 1. The molecule has 0 saturated carbocycles. The van der Waals surface area contributed by atoms with Crippen molar-refractivity contribution in [3.05, 3.63) is 101 Å². The van der Waals surface area contributed by atoms with Crippen LogP contribution in [0, 0.1) is 0 Å². The molecule has 2 heterocycles. The number of carbonyl (C=O) groups is 1. The molecule has 1 aromatic heterocycles. The monoisotopic (exact) mass is 399 g/mol. The van der Waals surface area contributed by atoms with Crippen LogP contribution in [0.3, 0.4) is 0 Å². The highest BCUT2D eigenvalue weighted by Gasteiger charge is 2.26. The summed E-state index contributed by atoms with van der Waals surface area (Å²) in [5.41, 5.74) is 4.30. The zero-order valence-electron chi connectivity index (χ0n) is 15.5. The Hall–Kier alpha value is -3.37. The normalized spacial score (nSPS) is 16.1. The average Bonchev–Trinajstić information content (AvgIpc) is 3.22. The third-order valence-corrected chi connectivity index (χ3v) is 5.43. The summed E-state index contributed by atoms with van der Waals surface area (Å²) in [6, 6.07) is 21.4. The molecular formula is C24H18ClN3O. The molecule has 0 saturated heterocycles. The first-order chi connectivity index (χ1) is 14.2. The van der Waals surface area contributed by atoms with Crippen LogP contribution in [0.5, 0.6) is 0 Å². The number of amides is 1. The Labute approximate surface area is 173 Å². The predicted molar refractivity (Wildman–Crippen MR) is 118 cm³/mol. The van der Waals surface area contributed by atoms with Gasteiger partial charge >= 0.3 is 0 Å². The van der Waals surface area contributed by atoms with Crippen LogP contribution in [-0.2, 0) is 11.2 Å². The second-order valence-electron chi connectivity index (χ2n) is 7.16. The van der Waals surface area contributed by atoms with Gasteiger partial charge in [-0.25, -0.2) is 0 Å². The number of halogens is 1. The number of H-pyrrole nitrogens is 1. The van der Waals surface area contributed by atoms with Crippen molar-refractivity contribution in [3.63, 3.8) is 0 Å². The summed E-state index contributed by atoms with van der Waals surface area (Å²) in [5.74, 6) is -0.118. The summed E-state index contributed by atoms with van der Waals surface area (Å²) in [6.45, 7) is 0. The number of hydrogen-bond donors (Lipinski definition) is 2. The van der Waals surface area contributed by atoms with Crippen molar-refractivity contribution >= 4 is 39.7 Å². The smallest absolute Gasteiger partial charge is 0.249 e. The van der Waals surface area contributed by atoms with E-state index in [0.717, 1.165) is 33.5 Å². The molecule has 1 atom stereocenters. The van der Waals surface area contributed by atoms with E-state index in [2.05, 4.69) is 40.6 Å². The van der Waals surface area contributed by atoms with Gasteiger partial charge in [0, 0.05) is 35.0 Å². The van der Waals surface area contributed by atoms with Crippen LogP contribution < -0.4 is 5.32 Å². The van der Waals surface area contributed by atoms with Crippen molar-refractivity contribution in [3.8, 4) is 0 Å². The molecule has 0 fully saturated rings. The molecule has 1 aliphatic rings. The molecule has 0 radical (unpaired) electrons. The molecule has 142 valence electrons. The third-order valence-electron chi connectivity index (χ3n) is 5.20. The SMILES string of the molecule is O=C1Nc2ccc(Cl)cc2C(c2cc[nH]c2)=NC1Cc1ccc2ccccc2c1. The Kier molecular flexibility index (Phi) is 4.41. The standard InChI is InChI=1S/C24H18ClN3O/c25-19-7-8-21-20(13-19)23(18-9-10-26-14-18)27-22(24(29)28-21)12-15-5-6-16-3-1-2-4-17(16)11-15/h1-11,13-14,22,26H,12H2,(H,28,29). The van der Waals surface area contributed by atoms with Gasteiger partial charge in [0.1, 0.15) is 6.04 Å². The van der Waals surface area contributed by atoms with Crippen molar-refractivity contribution in [2.24, 2.45) is 4.99 Å². The molecule has 0 bridgehead atoms. The lowest BCUT2D eigenvalue weighted by molar-refractivity contribution is -0.117. The number of benzene rings is 3. The Bertz CT molecular complexity index is 1240. The third kappa shape index (κ3) is 3.43. The molecule has 1 aliphatic heterocycles. The molecule has 5 rings (SSSR count). The summed E-state index contributed by atoms with van der Waals surface area (Å²) >= 11 is 6.24. The first-order valence-electron chi connectivity index (χ1n) is 9.47. The first-order valence-corrected chi connectivity index (χ1v) is 9.84. The van der Waals surface area contributed by atoms with E-state index in [0.29, 0.717) is 11.4 Å². The van der Waals surface area contributed by atoms with Gasteiger partial charge < -0.3 is 10.3 Å². The van der Waals surface area contributed by atoms with E-state index in [-0.39, 0.29) is 5.91 Å². The van der Waals surface area contributed by atoms with Crippen molar-refractivity contribution in [1.82, 2.24) is 4.98 Å². The molecule has 29 heavy (non-hydrogen) atoms. The molecule has 1 unspecified atom stereocenters. The Morgan fingerprint density at radius 2 is 1.83 bits per heavy atom. The van der Waals surface area contributed by atoms with Crippen LogP contribution in [0.4, 0.5) is 5.69 Å². The predicted octanol–water partition coefficient (Wildman–Crippen LogP) is 5.22. The number of aliphatic imine (C=N–C) groups is 1. The maximum absolute atomic E-state index is 13.0. The number of hydrogen-bond acceptors (Lipinski definition) is 2. The molecule has 4 nitrogen and oxygen atoms in total. The molecule has 0 aliphatic carbocycles. The van der Waals surface area contributed by atoms with Crippen LogP contribution in [0.1, 0.15) is 16.7 Å². The molecule has 0 spiro atoms. The fourth-order valence-electron chi connectivity index (χ4n) is 3.75. The largest absolute Gasteiger partial charge is 0.367 e. The van der Waals surface area contributed by atoms with Crippen molar-refractivity contribution in [2.45, 2.75) is 12.5 Å². The van der Waals surface area contributed by atoms with E-state index < -0.39 is 6.04 Å². The zero-order chi connectivity index (χ0) is 19.8. The van der Waals surface area contributed by atoms with Gasteiger partial charge in [-0.1, -0.05) is 54.1 Å². The molecule has 1 amide bonds. The van der Waals surface area contributed by atoms with Crippen LogP contribution in [0.2, 0.25) is 5.02 Å². The Balaban J connectivity index is 1.58. The average molecular weight is 400 g/mol. The highest BCUT2D eigenvalue weighted by Crippen LogP contribution is 2.28. The van der Waals surface area contributed by atoms with E-state index in [1.165, 1.54) is 5.39 Å². The minimum absolute atomic E-state index is 0.118. The zero-order valence-corrected chi connectivity index (χ0v) is 16.3. The number of nitrogens with one attached hydrogen (secondary N) is 2. The number of carbonyl (C=O) groups excluding carboxylic acids is 1. The summed E-state index contributed by atoms with van der Waals surface area (Å²) in [7, 11) is 0. The maximum atomic E-state index is 13.0. The van der Waals surface area contributed by atoms with Crippen LogP contribution in [0.25, 0.3) is 10.8 Å². The van der Waals surface area contributed by atoms with Crippen LogP contribution in [-0.4, -0.2) is 22.6 Å². The van der Waals surface area contributed by atoms with E-state index in [4.69, 9.17) is 16.6 Å². The molecule has 4 aromatic rings. The summed E-state index contributed by atoms with van der Waals surface area (Å²) < 4.78 is 0. The Morgan fingerprint density at radius 1 is 0.966 bits per heavy atom. The molecule has 2 N–H and O–H groups in total. The van der Waals surface area contributed by atoms with Gasteiger partial charge in [-0.3, -0.25) is 9.79 Å². The van der Waals surface area contributed by atoms with Crippen LogP contribution >= 0.6 is 11.6 Å². The maximum Gasteiger partial charge on any atom is 0.249 e. The van der Waals surface area contributed by atoms with Crippen molar-refractivity contribution in [2.75, 3.05) is 5.32 Å². The quantitative estimate of drug-likeness (QED) is 0.487. The number of aromatic amines is 1. The van der Waals surface area contributed by atoms with E-state index in [1.807, 2.05) is 42.7 Å². The molecule has 5 heteroatoms. The number of anilines is 1. The van der Waals surface area contributed by atoms with Gasteiger partial charge in [-0.2, -0.15) is 0 Å². The van der Waals surface area contributed by atoms with Gasteiger partial charge in [0.2, 0.25) is 5.91 Å². The number of rotatable bonds is 3.